The van der Waals surface area contributed by atoms with Crippen LogP contribution in [0.15, 0.2) is 0 Å². The van der Waals surface area contributed by atoms with Crippen LogP contribution in [-0.2, 0) is 14.3 Å². The van der Waals surface area contributed by atoms with E-state index in [0.29, 0.717) is 12.8 Å². The lowest BCUT2D eigenvalue weighted by Crippen LogP contribution is -2.22. The van der Waals surface area contributed by atoms with E-state index in [0.717, 1.165) is 0 Å². The summed E-state index contributed by atoms with van der Waals surface area (Å²) in [4.78, 5) is 20.9. The monoisotopic (exact) mass is 203 g/mol. The second kappa shape index (κ2) is 8.50. The maximum absolute atomic E-state index is 10.9. The molecule has 82 valence electrons. The smallest absolute Gasteiger partial charge is 0.305 e. The summed E-state index contributed by atoms with van der Waals surface area (Å²) in [5.74, 6) is -1.55. The Kier molecular flexibility index (Phi) is 7.83. The van der Waals surface area contributed by atoms with E-state index in [9.17, 15) is 14.7 Å². The molecule has 0 aromatic carbocycles. The average Bonchev–Trinajstić information content (AvgIpc) is 2.12. The maximum atomic E-state index is 10.9. The molecule has 14 heavy (non-hydrogen) atoms. The number of ether oxygens (including phenoxy) is 1. The fourth-order valence-electron chi connectivity index (χ4n) is 0.849. The van der Waals surface area contributed by atoms with Crippen molar-refractivity contribution in [2.75, 3.05) is 13.2 Å². The number of aliphatic carboxylic acids is 1. The van der Waals surface area contributed by atoms with Crippen molar-refractivity contribution in [3.05, 3.63) is 0 Å². The molecule has 0 saturated carbocycles. The van der Waals surface area contributed by atoms with E-state index in [4.69, 9.17) is 9.84 Å². The van der Waals surface area contributed by atoms with Gasteiger partial charge in [0.15, 0.2) is 0 Å². The summed E-state index contributed by atoms with van der Waals surface area (Å²) in [6, 6.07) is 0. The molecule has 1 N–H and O–H groups in total. The second-order valence-electron chi connectivity index (χ2n) is 2.88. The Morgan fingerprint density at radius 2 is 1.86 bits per heavy atom. The van der Waals surface area contributed by atoms with E-state index in [1.54, 1.807) is 0 Å². The predicted molar refractivity (Wildman–Crippen MR) is 46.1 cm³/mol. The van der Waals surface area contributed by atoms with Crippen LogP contribution in [0.4, 0.5) is 0 Å². The van der Waals surface area contributed by atoms with Crippen molar-refractivity contribution in [2.45, 2.75) is 32.1 Å². The number of carboxylic acid groups (broad SMARTS) is 1. The third-order valence-electron chi connectivity index (χ3n) is 1.58. The SMILES string of the molecule is O=C([O-])CCCC(=O)OCCCCO. The van der Waals surface area contributed by atoms with Crippen LogP contribution in [-0.4, -0.2) is 30.3 Å². The molecule has 0 atom stereocenters. The Hall–Kier alpha value is -1.10. The molecule has 0 unspecified atom stereocenters. The summed E-state index contributed by atoms with van der Waals surface area (Å²) in [7, 11) is 0. The van der Waals surface area contributed by atoms with E-state index in [2.05, 4.69) is 0 Å². The fraction of sp³-hybridized carbons (Fsp3) is 0.778. The highest BCUT2D eigenvalue weighted by molar-refractivity contribution is 5.70. The minimum Gasteiger partial charge on any atom is -0.550 e. The van der Waals surface area contributed by atoms with Gasteiger partial charge in [-0.2, -0.15) is 0 Å². The number of carbonyl (C=O) groups is 2. The Morgan fingerprint density at radius 3 is 2.43 bits per heavy atom. The molecule has 0 aliphatic rings. The summed E-state index contributed by atoms with van der Waals surface area (Å²) in [6.45, 7) is 0.368. The van der Waals surface area contributed by atoms with Gasteiger partial charge in [-0.05, 0) is 25.7 Å². The van der Waals surface area contributed by atoms with Gasteiger partial charge in [0.2, 0.25) is 0 Å². The minimum atomic E-state index is -1.15. The van der Waals surface area contributed by atoms with Crippen molar-refractivity contribution in [2.24, 2.45) is 0 Å². The van der Waals surface area contributed by atoms with Gasteiger partial charge in [0.25, 0.3) is 0 Å². The number of carbonyl (C=O) groups excluding carboxylic acids is 2. The van der Waals surface area contributed by atoms with Gasteiger partial charge in [-0.25, -0.2) is 0 Å². The maximum Gasteiger partial charge on any atom is 0.305 e. The Balaban J connectivity index is 3.24. The summed E-state index contributed by atoms with van der Waals surface area (Å²) in [5, 5.41) is 18.4. The first-order valence-corrected chi connectivity index (χ1v) is 4.63. The molecule has 0 rings (SSSR count). The van der Waals surface area contributed by atoms with Gasteiger partial charge >= 0.3 is 5.97 Å². The number of unbranched alkanes of at least 4 members (excludes halogenated alkanes) is 1. The standard InChI is InChI=1S/C9H16O5/c10-6-1-2-7-14-9(13)5-3-4-8(11)12/h10H,1-7H2,(H,11,12)/p-1. The van der Waals surface area contributed by atoms with E-state index in [1.165, 1.54) is 0 Å². The lowest BCUT2D eigenvalue weighted by Gasteiger charge is -2.04. The molecule has 0 aliphatic carbocycles. The zero-order valence-corrected chi connectivity index (χ0v) is 8.03. The van der Waals surface area contributed by atoms with Crippen LogP contribution < -0.4 is 5.11 Å². The van der Waals surface area contributed by atoms with Crippen molar-refractivity contribution in [1.82, 2.24) is 0 Å². The van der Waals surface area contributed by atoms with Crippen LogP contribution in [0.3, 0.4) is 0 Å². The first-order chi connectivity index (χ1) is 6.66. The van der Waals surface area contributed by atoms with Gasteiger partial charge in [0.1, 0.15) is 0 Å². The van der Waals surface area contributed by atoms with Crippen molar-refractivity contribution in [3.8, 4) is 0 Å². The van der Waals surface area contributed by atoms with E-state index in [-0.39, 0.29) is 32.5 Å². The third-order valence-corrected chi connectivity index (χ3v) is 1.58. The largest absolute Gasteiger partial charge is 0.550 e. The first kappa shape index (κ1) is 12.9. The summed E-state index contributed by atoms with van der Waals surface area (Å²) < 4.78 is 4.76. The molecule has 0 aromatic rings. The summed E-state index contributed by atoms with van der Waals surface area (Å²) >= 11 is 0. The molecule has 0 heterocycles. The number of hydrogen-bond donors (Lipinski definition) is 1. The molecule has 0 spiro atoms. The van der Waals surface area contributed by atoms with Crippen LogP contribution in [0.2, 0.25) is 0 Å². The van der Waals surface area contributed by atoms with Crippen molar-refractivity contribution < 1.29 is 24.5 Å². The predicted octanol–water partition coefficient (Wildman–Crippen LogP) is -0.778. The highest BCUT2D eigenvalue weighted by Crippen LogP contribution is 1.98. The van der Waals surface area contributed by atoms with E-state index >= 15 is 0 Å². The number of rotatable bonds is 8. The average molecular weight is 203 g/mol. The first-order valence-electron chi connectivity index (χ1n) is 4.63. The number of hydrogen-bond acceptors (Lipinski definition) is 5. The molecular weight excluding hydrogens is 188 g/mol. The summed E-state index contributed by atoms with van der Waals surface area (Å²) in [6.07, 6.45) is 1.47. The van der Waals surface area contributed by atoms with Crippen LogP contribution in [0.1, 0.15) is 32.1 Å². The van der Waals surface area contributed by atoms with Gasteiger partial charge in [-0.3, -0.25) is 4.79 Å². The Bertz CT molecular complexity index is 178. The molecule has 0 fully saturated rings. The lowest BCUT2D eigenvalue weighted by atomic mass is 10.2. The summed E-state index contributed by atoms with van der Waals surface area (Å²) in [5.41, 5.74) is 0. The zero-order valence-electron chi connectivity index (χ0n) is 8.03. The zero-order chi connectivity index (χ0) is 10.8. The van der Waals surface area contributed by atoms with Crippen LogP contribution in [0.5, 0.6) is 0 Å². The van der Waals surface area contributed by atoms with E-state index in [1.807, 2.05) is 0 Å². The lowest BCUT2D eigenvalue weighted by molar-refractivity contribution is -0.305. The second-order valence-corrected chi connectivity index (χ2v) is 2.88. The number of aliphatic hydroxyl groups is 1. The molecule has 0 aromatic heterocycles. The third kappa shape index (κ3) is 8.99. The van der Waals surface area contributed by atoms with Crippen molar-refractivity contribution in [1.29, 1.82) is 0 Å². The molecule has 0 radical (unpaired) electrons. The Morgan fingerprint density at radius 1 is 1.14 bits per heavy atom. The number of esters is 1. The molecule has 0 bridgehead atoms. The minimum absolute atomic E-state index is 0.0855. The molecular formula is C9H15O5-. The van der Waals surface area contributed by atoms with Crippen LogP contribution >= 0.6 is 0 Å². The normalized spacial score (nSPS) is 9.79. The van der Waals surface area contributed by atoms with E-state index < -0.39 is 11.9 Å². The van der Waals surface area contributed by atoms with Gasteiger partial charge in [0, 0.05) is 19.0 Å². The highest BCUT2D eigenvalue weighted by Gasteiger charge is 2.01. The quantitative estimate of drug-likeness (QED) is 0.413. The number of aliphatic hydroxyl groups excluding tert-OH is 1. The fourth-order valence-corrected chi connectivity index (χ4v) is 0.849. The van der Waals surface area contributed by atoms with Gasteiger partial charge in [0.05, 0.1) is 6.61 Å². The Labute approximate surface area is 82.7 Å². The van der Waals surface area contributed by atoms with Crippen LogP contribution in [0.25, 0.3) is 0 Å². The number of carboxylic acids is 1. The van der Waals surface area contributed by atoms with Gasteiger partial charge in [-0.15, -0.1) is 0 Å². The molecule has 5 nitrogen and oxygen atoms in total. The molecule has 0 aliphatic heterocycles. The van der Waals surface area contributed by atoms with Crippen LogP contribution in [0, 0.1) is 0 Å². The molecule has 5 heteroatoms. The van der Waals surface area contributed by atoms with Gasteiger partial charge in [-0.1, -0.05) is 0 Å². The van der Waals surface area contributed by atoms with Crippen molar-refractivity contribution in [3.63, 3.8) is 0 Å². The highest BCUT2D eigenvalue weighted by atomic mass is 16.5. The van der Waals surface area contributed by atoms with Crippen molar-refractivity contribution >= 4 is 11.9 Å². The molecule has 0 saturated heterocycles. The topological polar surface area (TPSA) is 86.7 Å². The molecule has 0 amide bonds. The van der Waals surface area contributed by atoms with Gasteiger partial charge < -0.3 is 19.7 Å².